The second kappa shape index (κ2) is 4.42. The second-order valence-electron chi connectivity index (χ2n) is 4.29. The van der Waals surface area contributed by atoms with E-state index < -0.39 is 0 Å². The molecule has 18 heavy (non-hydrogen) atoms. The first kappa shape index (κ1) is 11.2. The van der Waals surface area contributed by atoms with Gasteiger partial charge in [-0.3, -0.25) is 0 Å². The van der Waals surface area contributed by atoms with Crippen LogP contribution in [-0.2, 0) is 6.42 Å². The molecule has 0 amide bonds. The van der Waals surface area contributed by atoms with Crippen molar-refractivity contribution in [2.45, 2.75) is 13.3 Å². The maximum atomic E-state index is 6.14. The molecule has 0 unspecified atom stereocenters. The number of halogens is 1. The topological polar surface area (TPSA) is 30.2 Å². The lowest BCUT2D eigenvalue weighted by Crippen LogP contribution is -1.96. The molecular weight excluding hydrogens is 246 g/mol. The molecule has 0 saturated carbocycles. The third kappa shape index (κ3) is 1.97. The van der Waals surface area contributed by atoms with Gasteiger partial charge in [-0.15, -0.1) is 0 Å². The van der Waals surface area contributed by atoms with Crippen LogP contribution in [0, 0.1) is 6.92 Å². The number of benzene rings is 1. The van der Waals surface area contributed by atoms with Gasteiger partial charge in [0, 0.05) is 17.7 Å². The quantitative estimate of drug-likeness (QED) is 0.660. The first-order valence-corrected chi connectivity index (χ1v) is 6.15. The molecule has 0 aliphatic heterocycles. The molecule has 3 nitrogen and oxygen atoms in total. The van der Waals surface area contributed by atoms with E-state index in [0.717, 1.165) is 23.3 Å². The van der Waals surface area contributed by atoms with Crippen molar-refractivity contribution in [2.75, 3.05) is 0 Å². The Kier molecular flexibility index (Phi) is 2.76. The van der Waals surface area contributed by atoms with E-state index in [9.17, 15) is 0 Å². The molecular formula is C14H12ClN3. The Morgan fingerprint density at radius 3 is 2.78 bits per heavy atom. The van der Waals surface area contributed by atoms with Gasteiger partial charge >= 0.3 is 0 Å². The highest BCUT2D eigenvalue weighted by Gasteiger charge is 2.09. The van der Waals surface area contributed by atoms with Crippen LogP contribution < -0.4 is 0 Å². The Morgan fingerprint density at radius 1 is 1.22 bits per heavy atom. The van der Waals surface area contributed by atoms with Crippen molar-refractivity contribution in [3.8, 4) is 0 Å². The average molecular weight is 258 g/mol. The van der Waals surface area contributed by atoms with Crippen LogP contribution in [0.3, 0.4) is 0 Å². The van der Waals surface area contributed by atoms with Crippen LogP contribution in [0.15, 0.2) is 42.6 Å². The summed E-state index contributed by atoms with van der Waals surface area (Å²) in [5.41, 5.74) is 4.07. The van der Waals surface area contributed by atoms with E-state index in [1.54, 1.807) is 4.52 Å². The van der Waals surface area contributed by atoms with Crippen molar-refractivity contribution >= 4 is 17.2 Å². The molecule has 90 valence electrons. The van der Waals surface area contributed by atoms with Crippen LogP contribution in [-0.4, -0.2) is 14.6 Å². The van der Waals surface area contributed by atoms with Crippen LogP contribution in [0.4, 0.5) is 0 Å². The average Bonchev–Trinajstić information content (AvgIpc) is 2.74. The number of hydrogen-bond acceptors (Lipinski definition) is 2. The SMILES string of the molecule is Cc1cc(Cl)n2ncc(Cc3ccccc3)c2n1. The van der Waals surface area contributed by atoms with E-state index in [-0.39, 0.29) is 0 Å². The zero-order chi connectivity index (χ0) is 12.5. The molecule has 3 aromatic rings. The zero-order valence-corrected chi connectivity index (χ0v) is 10.7. The molecule has 0 saturated heterocycles. The van der Waals surface area contributed by atoms with E-state index in [0.29, 0.717) is 5.15 Å². The first-order chi connectivity index (χ1) is 8.74. The van der Waals surface area contributed by atoms with Gasteiger partial charge in [0.1, 0.15) is 5.15 Å². The van der Waals surface area contributed by atoms with Crippen LogP contribution in [0.5, 0.6) is 0 Å². The highest BCUT2D eigenvalue weighted by Crippen LogP contribution is 2.18. The lowest BCUT2D eigenvalue weighted by Gasteiger charge is -2.01. The lowest BCUT2D eigenvalue weighted by molar-refractivity contribution is 0.930. The van der Waals surface area contributed by atoms with Gasteiger partial charge in [0.05, 0.1) is 6.20 Å². The summed E-state index contributed by atoms with van der Waals surface area (Å²) in [4.78, 5) is 4.51. The van der Waals surface area contributed by atoms with Gasteiger partial charge in [0.15, 0.2) is 5.65 Å². The molecule has 0 fully saturated rings. The molecule has 0 spiro atoms. The molecule has 3 rings (SSSR count). The number of rotatable bonds is 2. The fraction of sp³-hybridized carbons (Fsp3) is 0.143. The summed E-state index contributed by atoms with van der Waals surface area (Å²) in [6.45, 7) is 1.94. The van der Waals surface area contributed by atoms with Crippen molar-refractivity contribution in [1.82, 2.24) is 14.6 Å². The van der Waals surface area contributed by atoms with Gasteiger partial charge in [-0.05, 0) is 18.6 Å². The first-order valence-electron chi connectivity index (χ1n) is 5.78. The summed E-state index contributed by atoms with van der Waals surface area (Å²) in [5, 5.41) is 4.87. The summed E-state index contributed by atoms with van der Waals surface area (Å²) < 4.78 is 1.67. The summed E-state index contributed by atoms with van der Waals surface area (Å²) in [7, 11) is 0. The highest BCUT2D eigenvalue weighted by molar-refractivity contribution is 6.29. The van der Waals surface area contributed by atoms with Crippen LogP contribution in [0.25, 0.3) is 5.65 Å². The van der Waals surface area contributed by atoms with Crippen molar-refractivity contribution in [3.05, 3.63) is 64.6 Å². The lowest BCUT2D eigenvalue weighted by atomic mass is 10.1. The Balaban J connectivity index is 2.08. The number of aryl methyl sites for hydroxylation is 1. The Hall–Kier alpha value is -1.87. The number of aromatic nitrogens is 3. The smallest absolute Gasteiger partial charge is 0.160 e. The normalized spacial score (nSPS) is 11.0. The molecule has 0 atom stereocenters. The van der Waals surface area contributed by atoms with Gasteiger partial charge < -0.3 is 0 Å². The molecule has 2 aromatic heterocycles. The molecule has 1 aromatic carbocycles. The Labute approximate surface area is 110 Å². The van der Waals surface area contributed by atoms with Crippen molar-refractivity contribution in [1.29, 1.82) is 0 Å². The van der Waals surface area contributed by atoms with Gasteiger partial charge in [0.2, 0.25) is 0 Å². The van der Waals surface area contributed by atoms with E-state index in [2.05, 4.69) is 22.2 Å². The van der Waals surface area contributed by atoms with Gasteiger partial charge in [0.25, 0.3) is 0 Å². The van der Waals surface area contributed by atoms with Crippen LogP contribution >= 0.6 is 11.6 Å². The van der Waals surface area contributed by atoms with Crippen molar-refractivity contribution < 1.29 is 0 Å². The minimum atomic E-state index is 0.594. The summed E-state index contributed by atoms with van der Waals surface area (Å²) in [5.74, 6) is 0. The van der Waals surface area contributed by atoms with Crippen LogP contribution in [0.2, 0.25) is 5.15 Å². The third-order valence-electron chi connectivity index (χ3n) is 2.87. The van der Waals surface area contributed by atoms with E-state index in [1.165, 1.54) is 5.56 Å². The Morgan fingerprint density at radius 2 is 2.00 bits per heavy atom. The summed E-state index contributed by atoms with van der Waals surface area (Å²) in [6, 6.07) is 12.1. The fourth-order valence-electron chi connectivity index (χ4n) is 2.02. The molecule has 0 bridgehead atoms. The number of nitrogens with zero attached hydrogens (tertiary/aromatic N) is 3. The van der Waals surface area contributed by atoms with E-state index in [4.69, 9.17) is 11.6 Å². The predicted octanol–water partition coefficient (Wildman–Crippen LogP) is 3.28. The summed E-state index contributed by atoms with van der Waals surface area (Å²) >= 11 is 6.14. The molecule has 0 N–H and O–H groups in total. The van der Waals surface area contributed by atoms with Gasteiger partial charge in [-0.25, -0.2) is 9.50 Å². The van der Waals surface area contributed by atoms with Gasteiger partial charge in [-0.2, -0.15) is 5.10 Å². The van der Waals surface area contributed by atoms with Crippen LogP contribution in [0.1, 0.15) is 16.8 Å². The second-order valence-corrected chi connectivity index (χ2v) is 4.68. The van der Waals surface area contributed by atoms with Crippen molar-refractivity contribution in [2.24, 2.45) is 0 Å². The predicted molar refractivity (Wildman–Crippen MR) is 72.0 cm³/mol. The molecule has 0 radical (unpaired) electrons. The van der Waals surface area contributed by atoms with E-state index >= 15 is 0 Å². The standard InChI is InChI=1S/C14H12ClN3/c1-10-7-13(15)18-14(17-10)12(9-16-18)8-11-5-3-2-4-6-11/h2-7,9H,8H2,1H3. The number of fused-ring (bicyclic) bond motifs is 1. The molecule has 0 aliphatic carbocycles. The third-order valence-corrected chi connectivity index (χ3v) is 3.14. The Bertz CT molecular complexity index is 689. The summed E-state index contributed by atoms with van der Waals surface area (Å²) in [6.07, 6.45) is 2.65. The molecule has 0 aliphatic rings. The largest absolute Gasteiger partial charge is 0.233 e. The highest BCUT2D eigenvalue weighted by atomic mass is 35.5. The minimum Gasteiger partial charge on any atom is -0.233 e. The fourth-order valence-corrected chi connectivity index (χ4v) is 2.31. The van der Waals surface area contributed by atoms with E-state index in [1.807, 2.05) is 37.4 Å². The van der Waals surface area contributed by atoms with Crippen molar-refractivity contribution in [3.63, 3.8) is 0 Å². The maximum absolute atomic E-state index is 6.14. The molecule has 4 heteroatoms. The monoisotopic (exact) mass is 257 g/mol. The number of hydrogen-bond donors (Lipinski definition) is 0. The van der Waals surface area contributed by atoms with Gasteiger partial charge in [-0.1, -0.05) is 41.9 Å². The maximum Gasteiger partial charge on any atom is 0.160 e. The zero-order valence-electron chi connectivity index (χ0n) is 9.97. The minimum absolute atomic E-state index is 0.594. The molecule has 2 heterocycles.